The first-order valence-electron chi connectivity index (χ1n) is 6.38. The highest BCUT2D eigenvalue weighted by Crippen LogP contribution is 1.95. The molecule has 20 heavy (non-hydrogen) atoms. The fourth-order valence-corrected chi connectivity index (χ4v) is 1.42. The second kappa shape index (κ2) is 12.9. The van der Waals surface area contributed by atoms with Gasteiger partial charge in [-0.2, -0.15) is 0 Å². The Morgan fingerprint density at radius 3 is 2.95 bits per heavy atom. The maximum Gasteiger partial charge on any atom is 0.191 e. The van der Waals surface area contributed by atoms with Crippen LogP contribution in [0.25, 0.3) is 0 Å². The van der Waals surface area contributed by atoms with E-state index in [9.17, 15) is 0 Å². The van der Waals surface area contributed by atoms with Gasteiger partial charge in [0.15, 0.2) is 5.96 Å². The van der Waals surface area contributed by atoms with Gasteiger partial charge < -0.3 is 15.4 Å². The lowest BCUT2D eigenvalue weighted by atomic mass is 10.3. The summed E-state index contributed by atoms with van der Waals surface area (Å²) in [6, 6.07) is 5.81. The van der Waals surface area contributed by atoms with Gasteiger partial charge in [-0.05, 0) is 18.6 Å². The Balaban J connectivity index is 0.00000361. The first-order valence-corrected chi connectivity index (χ1v) is 6.38. The molecule has 2 N–H and O–H groups in total. The van der Waals surface area contributed by atoms with Crippen LogP contribution in [0.15, 0.2) is 42.0 Å². The summed E-state index contributed by atoms with van der Waals surface area (Å²) >= 11 is 0. The highest BCUT2D eigenvalue weighted by Gasteiger charge is 1.97. The highest BCUT2D eigenvalue weighted by molar-refractivity contribution is 14.0. The number of hydrogen-bond acceptors (Lipinski definition) is 3. The molecule has 0 fully saturated rings. The number of guanidine groups is 1. The molecule has 0 saturated carbocycles. The van der Waals surface area contributed by atoms with Crippen molar-refractivity contribution in [3.8, 4) is 0 Å². The molecule has 112 valence electrons. The molecule has 0 bridgehead atoms. The van der Waals surface area contributed by atoms with E-state index in [1.54, 1.807) is 19.4 Å². The first-order chi connectivity index (χ1) is 9.36. The summed E-state index contributed by atoms with van der Waals surface area (Å²) in [5, 5.41) is 6.41. The molecule has 0 aliphatic heterocycles. The molecule has 1 heterocycles. The smallest absolute Gasteiger partial charge is 0.191 e. The van der Waals surface area contributed by atoms with Crippen LogP contribution in [0.5, 0.6) is 0 Å². The molecule has 0 unspecified atom stereocenters. The van der Waals surface area contributed by atoms with E-state index in [4.69, 9.17) is 4.74 Å². The minimum Gasteiger partial charge on any atom is -0.385 e. The van der Waals surface area contributed by atoms with Gasteiger partial charge in [0.2, 0.25) is 0 Å². The zero-order chi connectivity index (χ0) is 13.8. The Bertz CT molecular complexity index is 384. The molecule has 0 spiro atoms. The molecule has 0 aliphatic rings. The monoisotopic (exact) mass is 390 g/mol. The van der Waals surface area contributed by atoms with Crippen molar-refractivity contribution in [1.29, 1.82) is 0 Å². The summed E-state index contributed by atoms with van der Waals surface area (Å²) in [7, 11) is 1.70. The third-order valence-electron chi connectivity index (χ3n) is 2.36. The number of hydrogen-bond donors (Lipinski definition) is 2. The van der Waals surface area contributed by atoms with Crippen molar-refractivity contribution >= 4 is 29.9 Å². The summed E-state index contributed by atoms with van der Waals surface area (Å²) in [6.45, 7) is 6.47. The Morgan fingerprint density at radius 1 is 1.45 bits per heavy atom. The molecule has 1 aromatic heterocycles. The number of nitrogens with zero attached hydrogens (tertiary/aromatic N) is 2. The van der Waals surface area contributed by atoms with Crippen LogP contribution < -0.4 is 10.6 Å². The van der Waals surface area contributed by atoms with Gasteiger partial charge in [0, 0.05) is 33.0 Å². The minimum atomic E-state index is 0. The maximum atomic E-state index is 5.01. The predicted octanol–water partition coefficient (Wildman–Crippen LogP) is 1.96. The molecule has 0 radical (unpaired) electrons. The lowest BCUT2D eigenvalue weighted by Crippen LogP contribution is -2.38. The normalized spacial score (nSPS) is 10.6. The maximum absolute atomic E-state index is 5.01. The number of pyridine rings is 1. The fraction of sp³-hybridized carbons (Fsp3) is 0.429. The van der Waals surface area contributed by atoms with Crippen LogP contribution in [-0.4, -0.2) is 37.7 Å². The number of rotatable bonds is 8. The Labute approximate surface area is 137 Å². The van der Waals surface area contributed by atoms with Crippen molar-refractivity contribution < 1.29 is 4.74 Å². The average Bonchev–Trinajstić information content (AvgIpc) is 2.46. The topological polar surface area (TPSA) is 58.5 Å². The van der Waals surface area contributed by atoms with Crippen LogP contribution in [0.1, 0.15) is 12.1 Å². The van der Waals surface area contributed by atoms with E-state index >= 15 is 0 Å². The largest absolute Gasteiger partial charge is 0.385 e. The molecule has 0 amide bonds. The van der Waals surface area contributed by atoms with Gasteiger partial charge in [-0.25, -0.2) is 4.99 Å². The lowest BCUT2D eigenvalue weighted by Gasteiger charge is -2.11. The minimum absolute atomic E-state index is 0. The zero-order valence-electron chi connectivity index (χ0n) is 11.8. The first kappa shape index (κ1) is 18.9. The summed E-state index contributed by atoms with van der Waals surface area (Å²) in [5.74, 6) is 0.765. The molecule has 5 nitrogen and oxygen atoms in total. The standard InChI is InChI=1S/C14H22N4O.HI/c1-3-8-16-14(17-10-6-11-19-2)18-12-13-7-4-5-9-15-13;/h3-5,7,9H,1,6,8,10-12H2,2H3,(H2,16,17,18);1H. The van der Waals surface area contributed by atoms with Crippen molar-refractivity contribution in [3.05, 3.63) is 42.7 Å². The van der Waals surface area contributed by atoms with Gasteiger partial charge in [0.25, 0.3) is 0 Å². The summed E-state index contributed by atoms with van der Waals surface area (Å²) in [4.78, 5) is 8.71. The number of methoxy groups -OCH3 is 1. The van der Waals surface area contributed by atoms with E-state index in [1.165, 1.54) is 0 Å². The number of aromatic nitrogens is 1. The van der Waals surface area contributed by atoms with Crippen molar-refractivity contribution in [2.75, 3.05) is 26.8 Å². The third kappa shape index (κ3) is 8.87. The van der Waals surface area contributed by atoms with Gasteiger partial charge in [-0.1, -0.05) is 12.1 Å². The molecule has 1 aromatic rings. The molecular formula is C14H23IN4O. The van der Waals surface area contributed by atoms with Gasteiger partial charge in [0.1, 0.15) is 0 Å². The van der Waals surface area contributed by atoms with E-state index in [-0.39, 0.29) is 24.0 Å². The van der Waals surface area contributed by atoms with Crippen LogP contribution in [0.4, 0.5) is 0 Å². The zero-order valence-corrected chi connectivity index (χ0v) is 14.2. The number of aliphatic imine (C=N–C) groups is 1. The molecule has 0 aliphatic carbocycles. The van der Waals surface area contributed by atoms with Crippen LogP contribution in [0, 0.1) is 0 Å². The summed E-state index contributed by atoms with van der Waals surface area (Å²) in [5.41, 5.74) is 0.944. The number of ether oxygens (including phenoxy) is 1. The molecule has 6 heteroatoms. The Kier molecular flexibility index (Phi) is 12.1. The van der Waals surface area contributed by atoms with Crippen LogP contribution in [0.2, 0.25) is 0 Å². The van der Waals surface area contributed by atoms with Gasteiger partial charge in [-0.15, -0.1) is 30.6 Å². The van der Waals surface area contributed by atoms with Gasteiger partial charge >= 0.3 is 0 Å². The van der Waals surface area contributed by atoms with E-state index in [2.05, 4.69) is 27.2 Å². The quantitative estimate of drug-likeness (QED) is 0.234. The predicted molar refractivity (Wildman–Crippen MR) is 93.5 cm³/mol. The third-order valence-corrected chi connectivity index (χ3v) is 2.36. The second-order valence-electron chi connectivity index (χ2n) is 3.93. The second-order valence-corrected chi connectivity index (χ2v) is 3.93. The average molecular weight is 390 g/mol. The van der Waals surface area contributed by atoms with Crippen molar-refractivity contribution in [2.45, 2.75) is 13.0 Å². The van der Waals surface area contributed by atoms with Gasteiger partial charge in [0.05, 0.1) is 12.2 Å². The summed E-state index contributed by atoms with van der Waals surface area (Å²) in [6.07, 6.45) is 4.51. The van der Waals surface area contributed by atoms with E-state index in [0.717, 1.165) is 31.2 Å². The number of nitrogens with one attached hydrogen (secondary N) is 2. The van der Waals surface area contributed by atoms with Crippen molar-refractivity contribution in [2.24, 2.45) is 4.99 Å². The molecule has 0 atom stereocenters. The van der Waals surface area contributed by atoms with Crippen molar-refractivity contribution in [1.82, 2.24) is 15.6 Å². The van der Waals surface area contributed by atoms with E-state index in [0.29, 0.717) is 13.1 Å². The Morgan fingerprint density at radius 2 is 2.30 bits per heavy atom. The molecule has 0 saturated heterocycles. The molecular weight excluding hydrogens is 367 g/mol. The van der Waals surface area contributed by atoms with E-state index < -0.39 is 0 Å². The van der Waals surface area contributed by atoms with Crippen molar-refractivity contribution in [3.63, 3.8) is 0 Å². The lowest BCUT2D eigenvalue weighted by molar-refractivity contribution is 0.195. The molecule has 0 aromatic carbocycles. The SMILES string of the molecule is C=CCNC(=NCc1ccccn1)NCCCOC.I. The van der Waals surface area contributed by atoms with E-state index in [1.807, 2.05) is 18.2 Å². The Hall–Kier alpha value is -1.15. The highest BCUT2D eigenvalue weighted by atomic mass is 127. The van der Waals surface area contributed by atoms with Crippen LogP contribution in [-0.2, 0) is 11.3 Å². The van der Waals surface area contributed by atoms with Crippen LogP contribution >= 0.6 is 24.0 Å². The number of halogens is 1. The molecule has 1 rings (SSSR count). The summed E-state index contributed by atoms with van der Waals surface area (Å²) < 4.78 is 5.01. The van der Waals surface area contributed by atoms with Gasteiger partial charge in [-0.3, -0.25) is 4.98 Å². The fourth-order valence-electron chi connectivity index (χ4n) is 1.42. The van der Waals surface area contributed by atoms with Crippen LogP contribution in [0.3, 0.4) is 0 Å².